The van der Waals surface area contributed by atoms with Gasteiger partial charge in [-0.3, -0.25) is 0 Å². The predicted octanol–water partition coefficient (Wildman–Crippen LogP) is 0.843. The van der Waals surface area contributed by atoms with Crippen LogP contribution in [0.5, 0.6) is 0 Å². The van der Waals surface area contributed by atoms with E-state index in [4.69, 9.17) is 14.6 Å². The minimum absolute atomic E-state index is 0.0864. The van der Waals surface area contributed by atoms with Gasteiger partial charge in [-0.05, 0) is 13.3 Å². The van der Waals surface area contributed by atoms with E-state index in [0.717, 1.165) is 25.7 Å². The summed E-state index contributed by atoms with van der Waals surface area (Å²) in [6, 6.07) is 0. The summed E-state index contributed by atoms with van der Waals surface area (Å²) >= 11 is 0. The van der Waals surface area contributed by atoms with Crippen molar-refractivity contribution >= 4 is 0 Å². The third-order valence-electron chi connectivity index (χ3n) is 3.62. The predicted molar refractivity (Wildman–Crippen MR) is 71.9 cm³/mol. The molecule has 5 unspecified atom stereocenters. The summed E-state index contributed by atoms with van der Waals surface area (Å²) in [7, 11) is 0. The fourth-order valence-corrected chi connectivity index (χ4v) is 2.37. The molecule has 0 bridgehead atoms. The molecule has 1 aliphatic rings. The second-order valence-corrected chi connectivity index (χ2v) is 5.39. The van der Waals surface area contributed by atoms with Crippen molar-refractivity contribution in [2.45, 2.75) is 76.5 Å². The van der Waals surface area contributed by atoms with E-state index >= 15 is 0 Å². The van der Waals surface area contributed by atoms with Crippen molar-refractivity contribution in [3.63, 3.8) is 0 Å². The van der Waals surface area contributed by atoms with Crippen LogP contribution in [-0.4, -0.2) is 59.1 Å². The Balaban J connectivity index is 2.28. The lowest BCUT2D eigenvalue weighted by Crippen LogP contribution is -2.28. The monoisotopic (exact) mass is 276 g/mol. The van der Waals surface area contributed by atoms with Gasteiger partial charge in [0.2, 0.25) is 0 Å². The first-order valence-corrected chi connectivity index (χ1v) is 7.32. The summed E-state index contributed by atoms with van der Waals surface area (Å²) in [5, 5.41) is 28.1. The largest absolute Gasteiger partial charge is 0.394 e. The summed E-state index contributed by atoms with van der Waals surface area (Å²) in [4.78, 5) is 0. The zero-order valence-electron chi connectivity index (χ0n) is 12.0. The minimum atomic E-state index is -0.847. The molecule has 19 heavy (non-hydrogen) atoms. The van der Waals surface area contributed by atoms with Gasteiger partial charge in [0, 0.05) is 6.42 Å². The molecular weight excluding hydrogens is 248 g/mol. The van der Waals surface area contributed by atoms with Gasteiger partial charge in [-0.2, -0.15) is 0 Å². The Bertz CT molecular complexity index is 236. The van der Waals surface area contributed by atoms with Gasteiger partial charge in [0.25, 0.3) is 0 Å². The van der Waals surface area contributed by atoms with Crippen LogP contribution in [0.15, 0.2) is 0 Å². The normalized spacial score (nSPS) is 30.5. The van der Waals surface area contributed by atoms with Crippen LogP contribution in [0.2, 0.25) is 0 Å². The average Bonchev–Trinajstić information content (AvgIpc) is 2.77. The van der Waals surface area contributed by atoms with Crippen LogP contribution < -0.4 is 0 Å². The van der Waals surface area contributed by atoms with Gasteiger partial charge < -0.3 is 24.8 Å². The first kappa shape index (κ1) is 16.9. The molecule has 1 fully saturated rings. The van der Waals surface area contributed by atoms with Crippen molar-refractivity contribution in [3.05, 3.63) is 0 Å². The second-order valence-electron chi connectivity index (χ2n) is 5.39. The minimum Gasteiger partial charge on any atom is -0.394 e. The number of aliphatic hydroxyl groups excluding tert-OH is 3. The maximum absolute atomic E-state index is 10.1. The Morgan fingerprint density at radius 2 is 2.05 bits per heavy atom. The van der Waals surface area contributed by atoms with Gasteiger partial charge in [0.1, 0.15) is 6.10 Å². The van der Waals surface area contributed by atoms with Gasteiger partial charge in [-0.1, -0.05) is 26.2 Å². The molecule has 0 saturated carbocycles. The van der Waals surface area contributed by atoms with E-state index in [1.165, 1.54) is 0 Å². The molecule has 0 spiro atoms. The summed E-state index contributed by atoms with van der Waals surface area (Å²) in [5.74, 6) is 0. The molecule has 5 atom stereocenters. The molecule has 3 N–H and O–H groups in total. The smallest absolute Gasteiger partial charge is 0.100 e. The van der Waals surface area contributed by atoms with E-state index in [1.54, 1.807) is 0 Å². The summed E-state index contributed by atoms with van der Waals surface area (Å²) in [6.45, 7) is 3.85. The standard InChI is InChI=1S/C14H28O5/c1-3-4-5-6-12(17)14-7-13(10(2)19-14)18-9-11(16)8-15/h10-17H,3-9H2,1-2H3. The third kappa shape index (κ3) is 5.75. The molecule has 1 rings (SSSR count). The van der Waals surface area contributed by atoms with Gasteiger partial charge in [0.15, 0.2) is 0 Å². The van der Waals surface area contributed by atoms with Crippen LogP contribution >= 0.6 is 0 Å². The van der Waals surface area contributed by atoms with E-state index in [-0.39, 0.29) is 31.5 Å². The van der Waals surface area contributed by atoms with E-state index in [9.17, 15) is 10.2 Å². The Hall–Kier alpha value is -0.200. The average molecular weight is 276 g/mol. The molecule has 5 heteroatoms. The highest BCUT2D eigenvalue weighted by molar-refractivity contribution is 4.85. The molecule has 0 aliphatic carbocycles. The number of hydrogen-bond donors (Lipinski definition) is 3. The van der Waals surface area contributed by atoms with Gasteiger partial charge in [-0.15, -0.1) is 0 Å². The molecule has 1 heterocycles. The number of ether oxygens (including phenoxy) is 2. The Labute approximate surface area is 115 Å². The van der Waals surface area contributed by atoms with E-state index in [1.807, 2.05) is 6.92 Å². The van der Waals surface area contributed by atoms with Gasteiger partial charge in [-0.25, -0.2) is 0 Å². The number of aliphatic hydroxyl groups is 3. The Morgan fingerprint density at radius 1 is 1.32 bits per heavy atom. The first-order chi connectivity index (χ1) is 9.08. The van der Waals surface area contributed by atoms with Crippen LogP contribution in [0.3, 0.4) is 0 Å². The molecule has 1 saturated heterocycles. The quantitative estimate of drug-likeness (QED) is 0.544. The van der Waals surface area contributed by atoms with E-state index in [0.29, 0.717) is 6.42 Å². The zero-order valence-corrected chi connectivity index (χ0v) is 12.0. The van der Waals surface area contributed by atoms with Crippen molar-refractivity contribution in [1.29, 1.82) is 0 Å². The summed E-state index contributed by atoms with van der Waals surface area (Å²) < 4.78 is 11.2. The topological polar surface area (TPSA) is 79.2 Å². The zero-order chi connectivity index (χ0) is 14.3. The van der Waals surface area contributed by atoms with Crippen molar-refractivity contribution in [2.24, 2.45) is 0 Å². The molecule has 1 aliphatic heterocycles. The third-order valence-corrected chi connectivity index (χ3v) is 3.62. The SMILES string of the molecule is CCCCCC(O)C1CC(OCC(O)CO)C(C)O1. The highest BCUT2D eigenvalue weighted by Crippen LogP contribution is 2.27. The second kappa shape index (κ2) is 8.87. The fourth-order valence-electron chi connectivity index (χ4n) is 2.37. The maximum Gasteiger partial charge on any atom is 0.100 e. The molecule has 0 aromatic carbocycles. The molecule has 0 amide bonds. The molecule has 0 aromatic rings. The lowest BCUT2D eigenvalue weighted by Gasteiger charge is -2.17. The number of rotatable bonds is 9. The highest BCUT2D eigenvalue weighted by Gasteiger charge is 2.36. The fraction of sp³-hybridized carbons (Fsp3) is 1.00. The van der Waals surface area contributed by atoms with E-state index < -0.39 is 12.2 Å². The van der Waals surface area contributed by atoms with Crippen LogP contribution in [0, 0.1) is 0 Å². The maximum atomic E-state index is 10.1. The van der Waals surface area contributed by atoms with E-state index in [2.05, 4.69) is 6.92 Å². The van der Waals surface area contributed by atoms with Crippen LogP contribution in [0.25, 0.3) is 0 Å². The van der Waals surface area contributed by atoms with Crippen molar-refractivity contribution in [1.82, 2.24) is 0 Å². The van der Waals surface area contributed by atoms with Gasteiger partial charge in [0.05, 0.1) is 37.6 Å². The van der Waals surface area contributed by atoms with Crippen molar-refractivity contribution in [3.8, 4) is 0 Å². The first-order valence-electron chi connectivity index (χ1n) is 7.32. The molecular formula is C14H28O5. The van der Waals surface area contributed by atoms with Gasteiger partial charge >= 0.3 is 0 Å². The lowest BCUT2D eigenvalue weighted by atomic mass is 10.0. The van der Waals surface area contributed by atoms with Crippen molar-refractivity contribution < 1.29 is 24.8 Å². The summed E-state index contributed by atoms with van der Waals surface area (Å²) in [6.07, 6.45) is 3.02. The molecule has 0 radical (unpaired) electrons. The molecule has 0 aromatic heterocycles. The number of hydrogen-bond acceptors (Lipinski definition) is 5. The Kier molecular flexibility index (Phi) is 7.87. The highest BCUT2D eigenvalue weighted by atomic mass is 16.6. The molecule has 5 nitrogen and oxygen atoms in total. The van der Waals surface area contributed by atoms with Crippen molar-refractivity contribution in [2.75, 3.05) is 13.2 Å². The van der Waals surface area contributed by atoms with Crippen LogP contribution in [0.1, 0.15) is 46.0 Å². The molecule has 114 valence electrons. The summed E-state index contributed by atoms with van der Waals surface area (Å²) in [5.41, 5.74) is 0. The number of unbranched alkanes of at least 4 members (excludes halogenated alkanes) is 2. The van der Waals surface area contributed by atoms with Crippen LogP contribution in [-0.2, 0) is 9.47 Å². The lowest BCUT2D eigenvalue weighted by molar-refractivity contribution is -0.0645. The Morgan fingerprint density at radius 3 is 2.68 bits per heavy atom. The van der Waals surface area contributed by atoms with Crippen LogP contribution in [0.4, 0.5) is 0 Å².